The average Bonchev–Trinajstić information content (AvgIpc) is 2.68. The van der Waals surface area contributed by atoms with Crippen LogP contribution in [0, 0.1) is 20.2 Å². The van der Waals surface area contributed by atoms with Gasteiger partial charge < -0.3 is 21.9 Å². The quantitative estimate of drug-likeness (QED) is 0.396. The van der Waals surface area contributed by atoms with Crippen molar-refractivity contribution < 1.29 is 14.6 Å². The number of hydrogen-bond acceptors (Lipinski definition) is 10. The van der Waals surface area contributed by atoms with E-state index in [1.807, 2.05) is 0 Å². The van der Waals surface area contributed by atoms with Crippen LogP contribution in [0.4, 0.5) is 23.0 Å². The number of nitrogens with zero attached hydrogens (tertiary/aromatic N) is 4. The molecule has 6 N–H and O–H groups in total. The number of rotatable bonds is 5. The van der Waals surface area contributed by atoms with Crippen LogP contribution in [0.25, 0.3) is 0 Å². The predicted molar refractivity (Wildman–Crippen MR) is 110 cm³/mol. The number of aromatic nitrogens is 2. The molecule has 30 heavy (non-hydrogen) atoms. The number of ether oxygens (including phenoxy) is 1. The lowest BCUT2D eigenvalue weighted by atomic mass is 10.2. The molecule has 3 aromatic rings. The molecule has 0 spiro atoms. The summed E-state index contributed by atoms with van der Waals surface area (Å²) in [5.41, 5.74) is 16.4. The highest BCUT2D eigenvalue weighted by Crippen LogP contribution is 2.34. The smallest absolute Gasteiger partial charge is 0.353 e. The standard InChI is InChI=1S/C12H12N4O3.C5H4ClN3O2/c13-7-8-1-3-9(4-2-8)19-10-5-6-15-12(14)11(10)16(17)18;6-3-1-2-8-5(7)4(3)9(10)11/h1-6H,7,13H2,(H2,14,15);1-2H,(H2,7,8). The zero-order chi connectivity index (χ0) is 22.3. The molecule has 1 aromatic carbocycles. The highest BCUT2D eigenvalue weighted by Gasteiger charge is 2.21. The van der Waals surface area contributed by atoms with Gasteiger partial charge in [-0.1, -0.05) is 23.7 Å². The van der Waals surface area contributed by atoms with Crippen molar-refractivity contribution in [3.63, 3.8) is 0 Å². The molecule has 0 fully saturated rings. The summed E-state index contributed by atoms with van der Waals surface area (Å²) in [6.07, 6.45) is 2.66. The summed E-state index contributed by atoms with van der Waals surface area (Å²) >= 11 is 5.46. The first kappa shape index (κ1) is 22.3. The minimum absolute atomic E-state index is 0.00231. The molecule has 0 saturated heterocycles. The second-order valence-electron chi connectivity index (χ2n) is 5.53. The lowest BCUT2D eigenvalue weighted by Gasteiger charge is -2.07. The van der Waals surface area contributed by atoms with Crippen LogP contribution in [0.5, 0.6) is 11.5 Å². The fourth-order valence-electron chi connectivity index (χ4n) is 2.16. The maximum absolute atomic E-state index is 10.9. The Kier molecular flexibility index (Phi) is 7.38. The Morgan fingerprint density at radius 2 is 1.43 bits per heavy atom. The van der Waals surface area contributed by atoms with Gasteiger partial charge in [-0.2, -0.15) is 0 Å². The molecule has 0 aliphatic rings. The summed E-state index contributed by atoms with van der Waals surface area (Å²) < 4.78 is 5.45. The molecule has 0 aliphatic heterocycles. The van der Waals surface area contributed by atoms with Crippen molar-refractivity contribution >= 4 is 34.6 Å². The van der Waals surface area contributed by atoms with Crippen molar-refractivity contribution in [2.45, 2.75) is 6.54 Å². The molecule has 2 heterocycles. The van der Waals surface area contributed by atoms with E-state index in [-0.39, 0.29) is 33.8 Å². The summed E-state index contributed by atoms with van der Waals surface area (Å²) in [6, 6.07) is 9.64. The predicted octanol–water partition coefficient (Wildman–Crippen LogP) is 3.05. The third-order valence-corrected chi connectivity index (χ3v) is 3.88. The van der Waals surface area contributed by atoms with Gasteiger partial charge in [-0.3, -0.25) is 20.2 Å². The van der Waals surface area contributed by atoms with Crippen LogP contribution in [-0.2, 0) is 6.54 Å². The Balaban J connectivity index is 0.000000248. The van der Waals surface area contributed by atoms with Gasteiger partial charge in [-0.05, 0) is 23.8 Å². The Hall–Kier alpha value is -4.03. The Morgan fingerprint density at radius 1 is 0.900 bits per heavy atom. The molecular formula is C17H16ClN7O5. The summed E-state index contributed by atoms with van der Waals surface area (Å²) in [5.74, 6) is 0.174. The molecule has 0 saturated carbocycles. The van der Waals surface area contributed by atoms with Crippen molar-refractivity contribution in [3.05, 3.63) is 79.6 Å². The lowest BCUT2D eigenvalue weighted by Crippen LogP contribution is -2.01. The van der Waals surface area contributed by atoms with E-state index in [1.165, 1.54) is 24.5 Å². The number of nitro groups is 2. The third kappa shape index (κ3) is 5.50. The largest absolute Gasteiger partial charge is 0.450 e. The normalized spacial score (nSPS) is 9.93. The van der Waals surface area contributed by atoms with E-state index >= 15 is 0 Å². The van der Waals surface area contributed by atoms with Gasteiger partial charge in [0, 0.05) is 25.0 Å². The SMILES string of the molecule is NCc1ccc(Oc2ccnc(N)c2[N+](=O)[O-])cc1.Nc1nccc(Cl)c1[N+](=O)[O-]. The summed E-state index contributed by atoms with van der Waals surface area (Å²) in [5, 5.41) is 21.2. The van der Waals surface area contributed by atoms with Gasteiger partial charge in [-0.15, -0.1) is 0 Å². The number of anilines is 2. The van der Waals surface area contributed by atoms with Crippen molar-refractivity contribution in [1.29, 1.82) is 0 Å². The Morgan fingerprint density at radius 3 is 1.90 bits per heavy atom. The zero-order valence-electron chi connectivity index (χ0n) is 15.3. The maximum atomic E-state index is 10.9. The molecule has 0 amide bonds. The fourth-order valence-corrected chi connectivity index (χ4v) is 2.39. The van der Waals surface area contributed by atoms with E-state index in [1.54, 1.807) is 24.3 Å². The molecule has 0 atom stereocenters. The van der Waals surface area contributed by atoms with Gasteiger partial charge in [0.25, 0.3) is 0 Å². The highest BCUT2D eigenvalue weighted by molar-refractivity contribution is 6.33. The van der Waals surface area contributed by atoms with E-state index in [0.29, 0.717) is 12.3 Å². The van der Waals surface area contributed by atoms with Crippen LogP contribution >= 0.6 is 11.6 Å². The third-order valence-electron chi connectivity index (χ3n) is 3.57. The van der Waals surface area contributed by atoms with E-state index in [0.717, 1.165) is 5.56 Å². The second-order valence-corrected chi connectivity index (χ2v) is 5.94. The molecule has 0 aliphatic carbocycles. The van der Waals surface area contributed by atoms with E-state index < -0.39 is 9.85 Å². The molecular weight excluding hydrogens is 418 g/mol. The first-order valence-electron chi connectivity index (χ1n) is 8.14. The van der Waals surface area contributed by atoms with Gasteiger partial charge in [0.15, 0.2) is 0 Å². The Labute approximate surface area is 174 Å². The topological polar surface area (TPSA) is 199 Å². The minimum Gasteiger partial charge on any atom is -0.450 e. The molecule has 3 rings (SSSR count). The monoisotopic (exact) mass is 433 g/mol. The molecule has 0 radical (unpaired) electrons. The lowest BCUT2D eigenvalue weighted by molar-refractivity contribution is -0.384. The number of benzene rings is 1. The molecule has 13 heteroatoms. The maximum Gasteiger partial charge on any atom is 0.353 e. The second kappa shape index (κ2) is 9.95. The first-order valence-corrected chi connectivity index (χ1v) is 8.52. The molecule has 12 nitrogen and oxygen atoms in total. The first-order chi connectivity index (χ1) is 14.2. The zero-order valence-corrected chi connectivity index (χ0v) is 16.0. The number of halogens is 1. The summed E-state index contributed by atoms with van der Waals surface area (Å²) in [4.78, 5) is 27.1. The average molecular weight is 434 g/mol. The van der Waals surface area contributed by atoms with Crippen LogP contribution in [0.3, 0.4) is 0 Å². The molecule has 0 unspecified atom stereocenters. The van der Waals surface area contributed by atoms with Crippen molar-refractivity contribution in [1.82, 2.24) is 9.97 Å². The molecule has 2 aromatic heterocycles. The number of nitrogens with two attached hydrogens (primary N) is 3. The van der Waals surface area contributed by atoms with E-state index in [4.69, 9.17) is 33.5 Å². The van der Waals surface area contributed by atoms with Crippen LogP contribution in [0.1, 0.15) is 5.56 Å². The van der Waals surface area contributed by atoms with Gasteiger partial charge in [0.2, 0.25) is 17.4 Å². The molecule has 0 bridgehead atoms. The van der Waals surface area contributed by atoms with Gasteiger partial charge >= 0.3 is 11.4 Å². The fraction of sp³-hybridized carbons (Fsp3) is 0.0588. The van der Waals surface area contributed by atoms with Crippen molar-refractivity contribution in [2.24, 2.45) is 5.73 Å². The van der Waals surface area contributed by atoms with Crippen LogP contribution in [-0.4, -0.2) is 19.8 Å². The van der Waals surface area contributed by atoms with Crippen molar-refractivity contribution in [3.8, 4) is 11.5 Å². The number of hydrogen-bond donors (Lipinski definition) is 3. The van der Waals surface area contributed by atoms with Gasteiger partial charge in [0.1, 0.15) is 10.8 Å². The highest BCUT2D eigenvalue weighted by atomic mass is 35.5. The molecule has 156 valence electrons. The summed E-state index contributed by atoms with van der Waals surface area (Å²) in [6.45, 7) is 0.419. The van der Waals surface area contributed by atoms with Gasteiger partial charge in [0.05, 0.1) is 9.85 Å². The number of nitrogen functional groups attached to an aromatic ring is 2. The minimum atomic E-state index is -0.662. The number of pyridine rings is 2. The van der Waals surface area contributed by atoms with Crippen LogP contribution in [0.2, 0.25) is 5.02 Å². The summed E-state index contributed by atoms with van der Waals surface area (Å²) in [7, 11) is 0. The van der Waals surface area contributed by atoms with Gasteiger partial charge in [-0.25, -0.2) is 9.97 Å². The van der Waals surface area contributed by atoms with Crippen LogP contribution in [0.15, 0.2) is 48.8 Å². The van der Waals surface area contributed by atoms with Crippen molar-refractivity contribution in [2.75, 3.05) is 11.5 Å². The van der Waals surface area contributed by atoms with Crippen LogP contribution < -0.4 is 21.9 Å². The van der Waals surface area contributed by atoms with E-state index in [9.17, 15) is 20.2 Å². The van der Waals surface area contributed by atoms with E-state index in [2.05, 4.69) is 9.97 Å². The Bertz CT molecular complexity index is 1040.